The average molecular weight is 696 g/mol. The Hall–Kier alpha value is -2.04. The molecule has 2 saturated heterocycles. The summed E-state index contributed by atoms with van der Waals surface area (Å²) < 4.78 is 13.0. The van der Waals surface area contributed by atoms with Gasteiger partial charge >= 0.3 is 6.09 Å². The van der Waals surface area contributed by atoms with Gasteiger partial charge in [-0.3, -0.25) is 9.69 Å². The first-order valence-electron chi connectivity index (χ1n) is 14.7. The van der Waals surface area contributed by atoms with Crippen molar-refractivity contribution in [2.24, 2.45) is 0 Å². The lowest BCUT2D eigenvalue weighted by Crippen LogP contribution is -2.52. The van der Waals surface area contributed by atoms with Crippen molar-refractivity contribution < 1.29 is 19.1 Å². The predicted octanol–water partition coefficient (Wildman–Crippen LogP) is 6.57. The van der Waals surface area contributed by atoms with Gasteiger partial charge in [-0.2, -0.15) is 0 Å². The second kappa shape index (κ2) is 14.4. The summed E-state index contributed by atoms with van der Waals surface area (Å²) in [6.45, 7) is 12.6. The summed E-state index contributed by atoms with van der Waals surface area (Å²) >= 11 is 8.50. The van der Waals surface area contributed by atoms with E-state index in [0.717, 1.165) is 52.9 Å². The van der Waals surface area contributed by atoms with Crippen molar-refractivity contribution in [3.63, 3.8) is 0 Å². The van der Waals surface area contributed by atoms with Crippen LogP contribution < -0.4 is 10.1 Å². The highest BCUT2D eigenvalue weighted by Gasteiger charge is 2.32. The minimum atomic E-state index is -0.732. The first-order valence-corrected chi connectivity index (χ1v) is 16.1. The Morgan fingerprint density at radius 1 is 1.07 bits per heavy atom. The fourth-order valence-electron chi connectivity index (χ4n) is 5.65. The average Bonchev–Trinajstić information content (AvgIpc) is 3.42. The van der Waals surface area contributed by atoms with Crippen LogP contribution in [0, 0.1) is 10.5 Å². The molecule has 9 heteroatoms. The third kappa shape index (κ3) is 9.48. The lowest BCUT2D eigenvalue weighted by atomic mass is 9.88. The number of likely N-dealkylation sites (tertiary alicyclic amines) is 2. The van der Waals surface area contributed by atoms with Crippen molar-refractivity contribution >= 4 is 46.2 Å². The quantitative estimate of drug-likeness (QED) is 0.301. The number of ether oxygens (including phenoxy) is 2. The van der Waals surface area contributed by atoms with E-state index < -0.39 is 17.7 Å². The van der Waals surface area contributed by atoms with E-state index in [-0.39, 0.29) is 5.91 Å². The normalized spacial score (nSPS) is 17.4. The van der Waals surface area contributed by atoms with Gasteiger partial charge in [0.25, 0.3) is 0 Å². The minimum Gasteiger partial charge on any atom is -0.492 e. The maximum absolute atomic E-state index is 13.8. The summed E-state index contributed by atoms with van der Waals surface area (Å²) in [5.74, 6) is 1.19. The van der Waals surface area contributed by atoms with Crippen LogP contribution in [0.3, 0.4) is 0 Å². The lowest BCUT2D eigenvalue weighted by Gasteiger charge is -2.35. The molecule has 2 aliphatic heterocycles. The first kappa shape index (κ1) is 31.9. The van der Waals surface area contributed by atoms with Gasteiger partial charge in [0, 0.05) is 34.6 Å². The Morgan fingerprint density at radius 2 is 1.78 bits per heavy atom. The van der Waals surface area contributed by atoms with Crippen LogP contribution in [0.25, 0.3) is 0 Å². The number of hydrogen-bond donors (Lipinski definition) is 1. The number of benzene rings is 2. The van der Waals surface area contributed by atoms with Gasteiger partial charge in [0.1, 0.15) is 24.0 Å². The highest BCUT2D eigenvalue weighted by Crippen LogP contribution is 2.35. The topological polar surface area (TPSA) is 71.1 Å². The SMILES string of the molecule is Cc1cc(Cl)ccc1C[C@@H](NC(=O)OC(C)(C)C)C(=O)N1CCC(c2ccc(I)cc2OCCN2CCCC2)CC1. The summed E-state index contributed by atoms with van der Waals surface area (Å²) in [6.07, 6.45) is 4.01. The van der Waals surface area contributed by atoms with E-state index >= 15 is 0 Å². The summed E-state index contributed by atoms with van der Waals surface area (Å²) in [6, 6.07) is 11.3. The molecule has 0 radical (unpaired) electrons. The molecule has 224 valence electrons. The van der Waals surface area contributed by atoms with E-state index in [4.69, 9.17) is 21.1 Å². The molecule has 2 amide bonds. The van der Waals surface area contributed by atoms with Crippen LogP contribution in [0.15, 0.2) is 36.4 Å². The molecule has 2 aliphatic rings. The molecule has 7 nitrogen and oxygen atoms in total. The first-order chi connectivity index (χ1) is 19.5. The van der Waals surface area contributed by atoms with Crippen molar-refractivity contribution in [2.45, 2.75) is 77.4 Å². The molecule has 2 aromatic rings. The molecule has 41 heavy (non-hydrogen) atoms. The fourth-order valence-corrected chi connectivity index (χ4v) is 6.34. The van der Waals surface area contributed by atoms with Gasteiger partial charge < -0.3 is 19.7 Å². The Kier molecular flexibility index (Phi) is 11.2. The van der Waals surface area contributed by atoms with Gasteiger partial charge in [0.2, 0.25) is 5.91 Å². The van der Waals surface area contributed by atoms with Crippen LogP contribution in [0.1, 0.15) is 69.1 Å². The molecule has 2 heterocycles. The number of carbonyl (C=O) groups is 2. The number of piperidine rings is 1. The molecule has 4 rings (SSSR count). The van der Waals surface area contributed by atoms with Crippen LogP contribution >= 0.6 is 34.2 Å². The molecular weight excluding hydrogens is 653 g/mol. The van der Waals surface area contributed by atoms with Gasteiger partial charge in [-0.15, -0.1) is 0 Å². The van der Waals surface area contributed by atoms with Crippen molar-refractivity contribution in [3.05, 3.63) is 61.7 Å². The Balaban J connectivity index is 1.41. The molecule has 0 bridgehead atoms. The molecule has 1 N–H and O–H groups in total. The Labute approximate surface area is 263 Å². The van der Waals surface area contributed by atoms with Crippen molar-refractivity contribution in [2.75, 3.05) is 39.3 Å². The molecule has 0 spiro atoms. The molecular formula is C32H43ClIN3O4. The molecule has 0 aliphatic carbocycles. The highest BCUT2D eigenvalue weighted by atomic mass is 127. The molecule has 2 fully saturated rings. The number of nitrogens with zero attached hydrogens (tertiary/aromatic N) is 2. The zero-order chi connectivity index (χ0) is 29.6. The smallest absolute Gasteiger partial charge is 0.408 e. The third-order valence-corrected chi connectivity index (χ3v) is 8.71. The summed E-state index contributed by atoms with van der Waals surface area (Å²) in [4.78, 5) is 30.9. The molecule has 0 aromatic heterocycles. The number of halogens is 2. The van der Waals surface area contributed by atoms with Crippen LogP contribution in [0.5, 0.6) is 5.75 Å². The number of rotatable bonds is 9. The predicted molar refractivity (Wildman–Crippen MR) is 172 cm³/mol. The zero-order valence-electron chi connectivity index (χ0n) is 24.7. The largest absolute Gasteiger partial charge is 0.492 e. The van der Waals surface area contributed by atoms with E-state index in [9.17, 15) is 9.59 Å². The van der Waals surface area contributed by atoms with Gasteiger partial charge in [-0.25, -0.2) is 4.79 Å². The summed E-state index contributed by atoms with van der Waals surface area (Å²) in [5.41, 5.74) is 2.51. The summed E-state index contributed by atoms with van der Waals surface area (Å²) in [7, 11) is 0. The zero-order valence-corrected chi connectivity index (χ0v) is 27.6. The Bertz CT molecular complexity index is 1200. The van der Waals surface area contributed by atoms with Crippen molar-refractivity contribution in [1.29, 1.82) is 0 Å². The molecule has 0 unspecified atom stereocenters. The number of carbonyl (C=O) groups excluding carboxylic acids is 2. The second-order valence-electron chi connectivity index (χ2n) is 12.2. The van der Waals surface area contributed by atoms with Crippen LogP contribution in [-0.2, 0) is 16.0 Å². The van der Waals surface area contributed by atoms with E-state index in [1.165, 1.54) is 18.4 Å². The monoisotopic (exact) mass is 695 g/mol. The maximum Gasteiger partial charge on any atom is 0.408 e. The van der Waals surface area contributed by atoms with E-state index in [1.807, 2.05) is 50.8 Å². The number of nitrogens with one attached hydrogen (secondary N) is 1. The number of alkyl carbamates (subject to hydrolysis) is 1. The minimum absolute atomic E-state index is 0.0895. The van der Waals surface area contributed by atoms with Gasteiger partial charge in [-0.05, 0) is 136 Å². The van der Waals surface area contributed by atoms with Crippen molar-refractivity contribution in [3.8, 4) is 5.75 Å². The van der Waals surface area contributed by atoms with E-state index in [0.29, 0.717) is 37.1 Å². The Morgan fingerprint density at radius 3 is 2.44 bits per heavy atom. The highest BCUT2D eigenvalue weighted by molar-refractivity contribution is 14.1. The molecule has 0 saturated carbocycles. The van der Waals surface area contributed by atoms with E-state index in [1.54, 1.807) is 0 Å². The lowest BCUT2D eigenvalue weighted by molar-refractivity contribution is -0.134. The maximum atomic E-state index is 13.8. The molecule has 1 atom stereocenters. The fraction of sp³-hybridized carbons (Fsp3) is 0.562. The number of amides is 2. The molecule has 2 aromatic carbocycles. The second-order valence-corrected chi connectivity index (χ2v) is 13.8. The van der Waals surface area contributed by atoms with Crippen LogP contribution in [0.2, 0.25) is 5.02 Å². The van der Waals surface area contributed by atoms with Gasteiger partial charge in [0.05, 0.1) is 0 Å². The number of hydrogen-bond acceptors (Lipinski definition) is 5. The van der Waals surface area contributed by atoms with Crippen molar-refractivity contribution in [1.82, 2.24) is 15.1 Å². The standard InChI is InChI=1S/C32H43ClIN3O4/c1-22-19-25(33)8-7-24(22)20-28(35-31(39)41-32(2,3)4)30(38)37-15-11-23(12-16-37)27-10-9-26(34)21-29(27)40-18-17-36-13-5-6-14-36/h7-10,19,21,23,28H,5-6,11-18,20H2,1-4H3,(H,35,39)/t28-/m1/s1. The van der Waals surface area contributed by atoms with Crippen LogP contribution in [0.4, 0.5) is 4.79 Å². The van der Waals surface area contributed by atoms with Crippen LogP contribution in [-0.4, -0.2) is 72.8 Å². The van der Waals surface area contributed by atoms with E-state index in [2.05, 4.69) is 51.0 Å². The van der Waals surface area contributed by atoms with Gasteiger partial charge in [-0.1, -0.05) is 23.7 Å². The summed E-state index contributed by atoms with van der Waals surface area (Å²) in [5, 5.41) is 3.50. The van der Waals surface area contributed by atoms with Gasteiger partial charge in [0.15, 0.2) is 0 Å². The number of aryl methyl sites for hydroxylation is 1. The third-order valence-electron chi connectivity index (χ3n) is 7.80.